The van der Waals surface area contributed by atoms with E-state index in [0.29, 0.717) is 5.16 Å². The average Bonchev–Trinajstić information content (AvgIpc) is 3.10. The van der Waals surface area contributed by atoms with Gasteiger partial charge in [-0.2, -0.15) is 0 Å². The quantitative estimate of drug-likeness (QED) is 0.474. The van der Waals surface area contributed by atoms with Crippen molar-refractivity contribution in [3.8, 4) is 0 Å². The Hall–Kier alpha value is -1.81. The van der Waals surface area contributed by atoms with Crippen molar-refractivity contribution in [3.05, 3.63) is 21.6 Å². The molecule has 98 valence electrons. The molecule has 2 heterocycles. The lowest BCUT2D eigenvalue weighted by atomic mass is 10.5. The first kappa shape index (κ1) is 12.2. The van der Waals surface area contributed by atoms with Crippen molar-refractivity contribution in [2.45, 2.75) is 29.1 Å². The lowest BCUT2D eigenvalue weighted by Gasteiger charge is -2.02. The molecule has 0 aliphatic heterocycles. The summed E-state index contributed by atoms with van der Waals surface area (Å²) in [5, 5.41) is 22.6. The van der Waals surface area contributed by atoms with Crippen LogP contribution in [0.5, 0.6) is 0 Å². The third-order valence-corrected chi connectivity index (χ3v) is 3.69. The maximum Gasteiger partial charge on any atom is 0.338 e. The molecular weight excluding hydrogens is 294 g/mol. The van der Waals surface area contributed by atoms with E-state index in [0.717, 1.165) is 24.6 Å². The van der Waals surface area contributed by atoms with Gasteiger partial charge in [-0.3, -0.25) is 10.1 Å². The van der Waals surface area contributed by atoms with Crippen LogP contribution in [0.4, 0.5) is 5.69 Å². The molecular formula is C8H6ClN7O2S. The molecule has 1 saturated carbocycles. The van der Waals surface area contributed by atoms with Gasteiger partial charge in [-0.15, -0.1) is 5.10 Å². The van der Waals surface area contributed by atoms with E-state index in [2.05, 4.69) is 25.5 Å². The van der Waals surface area contributed by atoms with E-state index in [1.807, 2.05) is 0 Å². The van der Waals surface area contributed by atoms with Crippen molar-refractivity contribution < 1.29 is 4.92 Å². The minimum absolute atomic E-state index is 0.127. The number of tetrazole rings is 1. The Labute approximate surface area is 115 Å². The van der Waals surface area contributed by atoms with Crippen LogP contribution in [0.2, 0.25) is 5.15 Å². The van der Waals surface area contributed by atoms with Crippen LogP contribution < -0.4 is 0 Å². The molecule has 0 amide bonds. The van der Waals surface area contributed by atoms with E-state index >= 15 is 0 Å². The van der Waals surface area contributed by atoms with Crippen molar-refractivity contribution in [3.63, 3.8) is 0 Å². The van der Waals surface area contributed by atoms with Crippen LogP contribution in [0.25, 0.3) is 0 Å². The Morgan fingerprint density at radius 3 is 2.95 bits per heavy atom. The normalized spacial score (nSPS) is 14.6. The third-order valence-electron chi connectivity index (χ3n) is 2.47. The topological polar surface area (TPSA) is 113 Å². The Kier molecular flexibility index (Phi) is 3.03. The summed E-state index contributed by atoms with van der Waals surface area (Å²) < 4.78 is 1.64. The van der Waals surface area contributed by atoms with Crippen molar-refractivity contribution in [1.29, 1.82) is 0 Å². The van der Waals surface area contributed by atoms with E-state index < -0.39 is 4.92 Å². The zero-order valence-corrected chi connectivity index (χ0v) is 10.9. The fourth-order valence-electron chi connectivity index (χ4n) is 1.46. The highest BCUT2D eigenvalue weighted by molar-refractivity contribution is 7.99. The molecule has 1 fully saturated rings. The Bertz CT molecular complexity index is 644. The number of nitro groups is 1. The van der Waals surface area contributed by atoms with Crippen molar-refractivity contribution >= 4 is 29.1 Å². The monoisotopic (exact) mass is 299 g/mol. The number of nitrogens with zero attached hydrogens (tertiary/aromatic N) is 7. The molecule has 0 aromatic carbocycles. The molecule has 0 saturated heterocycles. The molecule has 2 aromatic rings. The molecule has 0 spiro atoms. The van der Waals surface area contributed by atoms with Gasteiger partial charge in [-0.05, 0) is 35.0 Å². The summed E-state index contributed by atoms with van der Waals surface area (Å²) in [4.78, 5) is 17.8. The summed E-state index contributed by atoms with van der Waals surface area (Å²) in [6.07, 6.45) is 3.18. The summed E-state index contributed by atoms with van der Waals surface area (Å²) in [5.41, 5.74) is -0.334. The molecule has 2 aromatic heterocycles. The molecule has 11 heteroatoms. The van der Waals surface area contributed by atoms with Crippen LogP contribution in [0.3, 0.4) is 0 Å². The lowest BCUT2D eigenvalue weighted by Crippen LogP contribution is -2.01. The van der Waals surface area contributed by atoms with E-state index in [-0.39, 0.29) is 21.9 Å². The first-order valence-electron chi connectivity index (χ1n) is 5.27. The van der Waals surface area contributed by atoms with Gasteiger partial charge in [0.15, 0.2) is 5.03 Å². The SMILES string of the molecule is O=[N+]([O-])c1c(Cl)ncnc1Sc1nnnn1C1CC1. The second kappa shape index (κ2) is 4.70. The highest BCUT2D eigenvalue weighted by Crippen LogP contribution is 2.40. The standard InChI is InChI=1S/C8H6ClN7O2S/c9-6-5(16(17)18)7(11-3-10-6)19-8-12-13-14-15(8)4-1-2-4/h3-4H,1-2H2. The highest BCUT2D eigenvalue weighted by atomic mass is 35.5. The van der Waals surface area contributed by atoms with Gasteiger partial charge in [0.2, 0.25) is 10.3 Å². The lowest BCUT2D eigenvalue weighted by molar-refractivity contribution is -0.388. The Balaban J connectivity index is 1.97. The fourth-order valence-corrected chi connectivity index (χ4v) is 2.61. The first-order valence-corrected chi connectivity index (χ1v) is 6.47. The van der Waals surface area contributed by atoms with Crippen LogP contribution in [-0.4, -0.2) is 35.1 Å². The minimum atomic E-state index is -0.615. The Morgan fingerprint density at radius 1 is 1.47 bits per heavy atom. The maximum atomic E-state index is 11.0. The minimum Gasteiger partial charge on any atom is -0.258 e. The molecule has 1 aliphatic carbocycles. The zero-order valence-electron chi connectivity index (χ0n) is 9.30. The predicted octanol–water partition coefficient (Wildman–Crippen LogP) is 1.51. The number of halogens is 1. The first-order chi connectivity index (χ1) is 9.16. The summed E-state index contributed by atoms with van der Waals surface area (Å²) in [6.45, 7) is 0. The van der Waals surface area contributed by atoms with Crippen molar-refractivity contribution in [1.82, 2.24) is 30.2 Å². The largest absolute Gasteiger partial charge is 0.338 e. The van der Waals surface area contributed by atoms with E-state index in [9.17, 15) is 10.1 Å². The van der Waals surface area contributed by atoms with Gasteiger partial charge in [0.25, 0.3) is 0 Å². The molecule has 0 N–H and O–H groups in total. The van der Waals surface area contributed by atoms with E-state index in [4.69, 9.17) is 11.6 Å². The van der Waals surface area contributed by atoms with Crippen LogP contribution in [-0.2, 0) is 0 Å². The Morgan fingerprint density at radius 2 is 2.26 bits per heavy atom. The molecule has 0 radical (unpaired) electrons. The fraction of sp³-hybridized carbons (Fsp3) is 0.375. The van der Waals surface area contributed by atoms with E-state index in [1.54, 1.807) is 4.68 Å². The summed E-state index contributed by atoms with van der Waals surface area (Å²) >= 11 is 6.72. The number of hydrogen-bond acceptors (Lipinski definition) is 8. The molecule has 19 heavy (non-hydrogen) atoms. The predicted molar refractivity (Wildman–Crippen MR) is 63.9 cm³/mol. The van der Waals surface area contributed by atoms with Gasteiger partial charge in [0.05, 0.1) is 11.0 Å². The molecule has 0 bridgehead atoms. The van der Waals surface area contributed by atoms with E-state index in [1.165, 1.54) is 6.33 Å². The van der Waals surface area contributed by atoms with Crippen LogP contribution in [0.15, 0.2) is 16.5 Å². The van der Waals surface area contributed by atoms with Crippen molar-refractivity contribution in [2.75, 3.05) is 0 Å². The second-order valence-corrected chi connectivity index (χ2v) is 5.13. The number of hydrogen-bond donors (Lipinski definition) is 0. The van der Waals surface area contributed by atoms with Crippen molar-refractivity contribution in [2.24, 2.45) is 0 Å². The van der Waals surface area contributed by atoms with Gasteiger partial charge in [0.1, 0.15) is 6.33 Å². The smallest absolute Gasteiger partial charge is 0.258 e. The summed E-state index contributed by atoms with van der Waals surface area (Å²) in [5.74, 6) is 0. The second-order valence-electron chi connectivity index (χ2n) is 3.81. The summed E-state index contributed by atoms with van der Waals surface area (Å²) in [7, 11) is 0. The number of rotatable bonds is 4. The summed E-state index contributed by atoms with van der Waals surface area (Å²) in [6, 6.07) is 0.272. The molecule has 3 rings (SSSR count). The molecule has 9 nitrogen and oxygen atoms in total. The van der Waals surface area contributed by atoms with Crippen LogP contribution in [0.1, 0.15) is 18.9 Å². The molecule has 0 atom stereocenters. The average molecular weight is 300 g/mol. The molecule has 0 unspecified atom stereocenters. The molecule has 1 aliphatic rings. The zero-order chi connectivity index (χ0) is 13.4. The van der Waals surface area contributed by atoms with Crippen LogP contribution in [0, 0.1) is 10.1 Å². The van der Waals surface area contributed by atoms with Crippen LogP contribution >= 0.6 is 23.4 Å². The highest BCUT2D eigenvalue weighted by Gasteiger charge is 2.30. The van der Waals surface area contributed by atoms with Gasteiger partial charge in [-0.25, -0.2) is 14.6 Å². The van der Waals surface area contributed by atoms with Gasteiger partial charge < -0.3 is 0 Å². The van der Waals surface area contributed by atoms with Gasteiger partial charge >= 0.3 is 5.69 Å². The van der Waals surface area contributed by atoms with Gasteiger partial charge in [0, 0.05) is 0 Å². The third kappa shape index (κ3) is 2.36. The van der Waals surface area contributed by atoms with Gasteiger partial charge in [-0.1, -0.05) is 11.6 Å². The maximum absolute atomic E-state index is 11.0. The number of aromatic nitrogens is 6.